The van der Waals surface area contributed by atoms with Gasteiger partial charge in [-0.05, 0) is 30.7 Å². The lowest BCUT2D eigenvalue weighted by molar-refractivity contribution is 0.102. The van der Waals surface area contributed by atoms with Gasteiger partial charge in [-0.1, -0.05) is 22.9 Å². The van der Waals surface area contributed by atoms with Crippen LogP contribution >= 0.6 is 15.9 Å². The third-order valence-electron chi connectivity index (χ3n) is 3.33. The minimum absolute atomic E-state index is 0.251. The molecule has 1 N–H and O–H groups in total. The molecule has 118 valence electrons. The van der Waals surface area contributed by atoms with Crippen molar-refractivity contribution in [2.45, 2.75) is 19.9 Å². The van der Waals surface area contributed by atoms with E-state index in [1.165, 1.54) is 0 Å². The smallest absolute Gasteiger partial charge is 0.277 e. The highest BCUT2D eigenvalue weighted by molar-refractivity contribution is 9.10. The first-order valence-corrected chi connectivity index (χ1v) is 8.10. The topological polar surface area (TPSA) is 64.7 Å². The van der Waals surface area contributed by atoms with Gasteiger partial charge in [-0.25, -0.2) is 9.67 Å². The van der Waals surface area contributed by atoms with Crippen molar-refractivity contribution in [1.29, 1.82) is 0 Å². The Bertz CT molecular complexity index is 806. The van der Waals surface area contributed by atoms with Crippen LogP contribution < -0.4 is 5.32 Å². The molecular weight excluding hydrogens is 358 g/mol. The molecular formula is C16H16BrN5O. The quantitative estimate of drug-likeness (QED) is 0.744. The molecule has 7 heteroatoms. The number of anilines is 1. The molecule has 0 fully saturated rings. The maximum absolute atomic E-state index is 12.3. The predicted octanol–water partition coefficient (Wildman–Crippen LogP) is 3.49. The van der Waals surface area contributed by atoms with Crippen molar-refractivity contribution < 1.29 is 4.79 Å². The lowest BCUT2D eigenvalue weighted by Gasteiger charge is -2.06. The van der Waals surface area contributed by atoms with Gasteiger partial charge < -0.3 is 9.88 Å². The molecule has 0 bridgehead atoms. The average molecular weight is 374 g/mol. The van der Waals surface area contributed by atoms with E-state index in [1.807, 2.05) is 28.8 Å². The Hall–Kier alpha value is -2.41. The van der Waals surface area contributed by atoms with Crippen molar-refractivity contribution in [2.24, 2.45) is 0 Å². The Morgan fingerprint density at radius 1 is 1.26 bits per heavy atom. The summed E-state index contributed by atoms with van der Waals surface area (Å²) < 4.78 is 4.58. The van der Waals surface area contributed by atoms with Crippen LogP contribution in [0.5, 0.6) is 0 Å². The number of benzene rings is 1. The van der Waals surface area contributed by atoms with Gasteiger partial charge in [-0.15, -0.1) is 0 Å². The van der Waals surface area contributed by atoms with E-state index < -0.39 is 0 Å². The van der Waals surface area contributed by atoms with Crippen molar-refractivity contribution in [2.75, 3.05) is 5.32 Å². The molecule has 0 aliphatic heterocycles. The van der Waals surface area contributed by atoms with Gasteiger partial charge in [-0.2, -0.15) is 5.10 Å². The molecule has 0 unspecified atom stereocenters. The molecule has 2 aromatic heterocycles. The van der Waals surface area contributed by atoms with Crippen LogP contribution in [0.15, 0.2) is 53.5 Å². The van der Waals surface area contributed by atoms with Crippen LogP contribution in [0.1, 0.15) is 23.8 Å². The molecule has 0 atom stereocenters. The molecule has 6 nitrogen and oxygen atoms in total. The Balaban J connectivity index is 1.76. The number of aryl methyl sites for hydroxylation is 1. The van der Waals surface area contributed by atoms with Crippen molar-refractivity contribution in [3.8, 4) is 5.69 Å². The third kappa shape index (κ3) is 3.50. The number of rotatable bonds is 5. The molecule has 2 heterocycles. The minimum Gasteiger partial charge on any atom is -0.305 e. The third-order valence-corrected chi connectivity index (χ3v) is 3.86. The van der Waals surface area contributed by atoms with Gasteiger partial charge in [0.15, 0.2) is 0 Å². The maximum atomic E-state index is 12.3. The first kappa shape index (κ1) is 15.5. The number of aromatic nitrogens is 4. The number of carbonyl (C=O) groups is 1. The van der Waals surface area contributed by atoms with E-state index in [4.69, 9.17) is 0 Å². The summed E-state index contributed by atoms with van der Waals surface area (Å²) in [5.74, 6) is 0.425. The number of hydrogen-bond donors (Lipinski definition) is 1. The summed E-state index contributed by atoms with van der Waals surface area (Å²) >= 11 is 3.40. The largest absolute Gasteiger partial charge is 0.305 e. The van der Waals surface area contributed by atoms with Crippen LogP contribution in [-0.4, -0.2) is 25.2 Å². The molecule has 3 aromatic rings. The van der Waals surface area contributed by atoms with E-state index in [9.17, 15) is 4.79 Å². The predicted molar refractivity (Wildman–Crippen MR) is 91.7 cm³/mol. The fourth-order valence-electron chi connectivity index (χ4n) is 2.20. The highest BCUT2D eigenvalue weighted by atomic mass is 79.9. The van der Waals surface area contributed by atoms with Gasteiger partial charge in [0.1, 0.15) is 17.8 Å². The van der Waals surface area contributed by atoms with Gasteiger partial charge in [0.25, 0.3) is 5.91 Å². The van der Waals surface area contributed by atoms with Crippen LogP contribution in [0, 0.1) is 0 Å². The van der Waals surface area contributed by atoms with E-state index in [2.05, 4.69) is 38.3 Å². The van der Waals surface area contributed by atoms with Gasteiger partial charge in [0.05, 0.1) is 6.20 Å². The number of halogens is 1. The monoisotopic (exact) mass is 373 g/mol. The lowest BCUT2D eigenvalue weighted by atomic mass is 10.3. The number of amides is 1. The second kappa shape index (κ2) is 6.78. The SMILES string of the molecule is CCCn1nccc1NC(=O)c1cn(-c2ccc(Br)cc2)cn1. The van der Waals surface area contributed by atoms with Crippen LogP contribution in [-0.2, 0) is 6.54 Å². The van der Waals surface area contributed by atoms with E-state index in [1.54, 1.807) is 29.5 Å². The first-order valence-electron chi connectivity index (χ1n) is 7.30. The zero-order valence-electron chi connectivity index (χ0n) is 12.6. The highest BCUT2D eigenvalue weighted by Crippen LogP contribution is 2.15. The summed E-state index contributed by atoms with van der Waals surface area (Å²) in [6.07, 6.45) is 5.95. The highest BCUT2D eigenvalue weighted by Gasteiger charge is 2.12. The second-order valence-corrected chi connectivity index (χ2v) is 5.95. The molecule has 0 saturated carbocycles. The van der Waals surface area contributed by atoms with Crippen molar-refractivity contribution in [3.05, 3.63) is 59.2 Å². The second-order valence-electron chi connectivity index (χ2n) is 5.04. The Morgan fingerprint density at radius 3 is 2.78 bits per heavy atom. The summed E-state index contributed by atoms with van der Waals surface area (Å²) in [6, 6.07) is 9.56. The standard InChI is InChI=1S/C16H16BrN5O/c1-2-9-22-15(7-8-19-22)20-16(23)14-10-21(11-18-14)13-5-3-12(17)4-6-13/h3-8,10-11H,2,9H2,1H3,(H,20,23). The number of imidazole rings is 1. The Morgan fingerprint density at radius 2 is 2.04 bits per heavy atom. The zero-order chi connectivity index (χ0) is 16.2. The molecule has 0 saturated heterocycles. The van der Waals surface area contributed by atoms with Crippen LogP contribution in [0.3, 0.4) is 0 Å². The molecule has 23 heavy (non-hydrogen) atoms. The molecule has 3 rings (SSSR count). The summed E-state index contributed by atoms with van der Waals surface area (Å²) in [7, 11) is 0. The zero-order valence-corrected chi connectivity index (χ0v) is 14.2. The van der Waals surface area contributed by atoms with Crippen molar-refractivity contribution in [3.63, 3.8) is 0 Å². The van der Waals surface area contributed by atoms with Crippen LogP contribution in [0.2, 0.25) is 0 Å². The van der Waals surface area contributed by atoms with E-state index >= 15 is 0 Å². The van der Waals surface area contributed by atoms with Gasteiger partial charge in [0, 0.05) is 29.0 Å². The summed E-state index contributed by atoms with van der Waals surface area (Å²) in [5, 5.41) is 7.03. The Labute approximate surface area is 142 Å². The fourth-order valence-corrected chi connectivity index (χ4v) is 2.47. The average Bonchev–Trinajstić information content (AvgIpc) is 3.18. The van der Waals surface area contributed by atoms with Crippen LogP contribution in [0.4, 0.5) is 5.82 Å². The van der Waals surface area contributed by atoms with Crippen molar-refractivity contribution in [1.82, 2.24) is 19.3 Å². The van der Waals surface area contributed by atoms with Crippen LogP contribution in [0.25, 0.3) is 5.69 Å². The molecule has 0 aliphatic carbocycles. The van der Waals surface area contributed by atoms with E-state index in [0.717, 1.165) is 23.1 Å². The van der Waals surface area contributed by atoms with Gasteiger partial charge in [0.2, 0.25) is 0 Å². The Kier molecular flexibility index (Phi) is 4.57. The maximum Gasteiger partial charge on any atom is 0.277 e. The number of nitrogens with zero attached hydrogens (tertiary/aromatic N) is 4. The fraction of sp³-hybridized carbons (Fsp3) is 0.188. The molecule has 0 aliphatic rings. The summed E-state index contributed by atoms with van der Waals surface area (Å²) in [4.78, 5) is 16.5. The van der Waals surface area contributed by atoms with Gasteiger partial charge in [-0.3, -0.25) is 4.79 Å². The molecule has 0 spiro atoms. The summed E-state index contributed by atoms with van der Waals surface area (Å²) in [5.41, 5.74) is 1.30. The molecule has 1 amide bonds. The van der Waals surface area contributed by atoms with Gasteiger partial charge >= 0.3 is 0 Å². The number of carbonyl (C=O) groups excluding carboxylic acids is 1. The van der Waals surface area contributed by atoms with Crippen molar-refractivity contribution >= 4 is 27.7 Å². The molecule has 1 aromatic carbocycles. The van der Waals surface area contributed by atoms with E-state index in [-0.39, 0.29) is 5.91 Å². The summed E-state index contributed by atoms with van der Waals surface area (Å²) in [6.45, 7) is 2.82. The number of hydrogen-bond acceptors (Lipinski definition) is 3. The minimum atomic E-state index is -0.251. The number of nitrogens with one attached hydrogen (secondary N) is 1. The van der Waals surface area contributed by atoms with E-state index in [0.29, 0.717) is 11.5 Å². The molecule has 0 radical (unpaired) electrons. The first-order chi connectivity index (χ1) is 11.2. The normalized spacial score (nSPS) is 10.7. The lowest BCUT2D eigenvalue weighted by Crippen LogP contribution is -2.16.